The molecule has 0 bridgehead atoms. The van der Waals surface area contributed by atoms with Crippen molar-refractivity contribution in [1.29, 1.82) is 0 Å². The number of benzene rings is 2. The van der Waals surface area contributed by atoms with Gasteiger partial charge in [0, 0.05) is 11.6 Å². The molecule has 5 nitrogen and oxygen atoms in total. The van der Waals surface area contributed by atoms with Crippen LogP contribution in [0.15, 0.2) is 60.7 Å². The predicted octanol–water partition coefficient (Wildman–Crippen LogP) is 3.01. The molecule has 2 amide bonds. The largest absolute Gasteiger partial charge is 0.442 e. The van der Waals surface area contributed by atoms with Gasteiger partial charge in [-0.15, -0.1) is 0 Å². The lowest BCUT2D eigenvalue weighted by atomic mass is 10.0. The first-order valence-electron chi connectivity index (χ1n) is 8.48. The summed E-state index contributed by atoms with van der Waals surface area (Å²) in [5, 5.41) is 2.89. The predicted molar refractivity (Wildman–Crippen MR) is 96.4 cm³/mol. The van der Waals surface area contributed by atoms with Gasteiger partial charge < -0.3 is 10.1 Å². The van der Waals surface area contributed by atoms with Gasteiger partial charge in [0.25, 0.3) is 0 Å². The van der Waals surface area contributed by atoms with Gasteiger partial charge in [-0.2, -0.15) is 0 Å². The zero-order valence-electron chi connectivity index (χ0n) is 14.2. The van der Waals surface area contributed by atoms with E-state index in [4.69, 9.17) is 4.74 Å². The number of anilines is 1. The molecule has 130 valence electrons. The molecule has 2 aromatic rings. The van der Waals surface area contributed by atoms with Gasteiger partial charge in [0.15, 0.2) is 0 Å². The van der Waals surface area contributed by atoms with Crippen LogP contribution in [-0.4, -0.2) is 31.2 Å². The number of hydrogen-bond donors (Lipinski definition) is 1. The van der Waals surface area contributed by atoms with Crippen molar-refractivity contribution in [2.45, 2.75) is 19.4 Å². The molecule has 1 heterocycles. The molecule has 1 saturated heterocycles. The molecule has 1 N–H and O–H groups in total. The molecular weight excluding hydrogens is 316 g/mol. The van der Waals surface area contributed by atoms with E-state index in [0.29, 0.717) is 19.5 Å². The lowest BCUT2D eigenvalue weighted by Gasteiger charge is -2.15. The smallest absolute Gasteiger partial charge is 0.414 e. The molecule has 2 aromatic carbocycles. The molecule has 1 aliphatic rings. The molecule has 2 unspecified atom stereocenters. The first-order valence-corrected chi connectivity index (χ1v) is 8.48. The fraction of sp³-hybridized carbons (Fsp3) is 0.300. The third-order valence-electron chi connectivity index (χ3n) is 4.28. The van der Waals surface area contributed by atoms with E-state index in [9.17, 15) is 9.59 Å². The first kappa shape index (κ1) is 17.0. The van der Waals surface area contributed by atoms with Crippen LogP contribution in [0.2, 0.25) is 0 Å². The highest BCUT2D eigenvalue weighted by Crippen LogP contribution is 2.20. The third kappa shape index (κ3) is 4.38. The molecule has 25 heavy (non-hydrogen) atoms. The summed E-state index contributed by atoms with van der Waals surface area (Å²) in [5.74, 6) is -0.164. The van der Waals surface area contributed by atoms with E-state index in [2.05, 4.69) is 5.32 Å². The third-order valence-corrected chi connectivity index (χ3v) is 4.28. The summed E-state index contributed by atoms with van der Waals surface area (Å²) < 4.78 is 5.35. The number of carbonyl (C=O) groups excluding carboxylic acids is 2. The number of amides is 2. The Morgan fingerprint density at radius 1 is 1.16 bits per heavy atom. The van der Waals surface area contributed by atoms with Crippen LogP contribution in [0.3, 0.4) is 0 Å². The topological polar surface area (TPSA) is 58.6 Å². The molecule has 0 aromatic heterocycles. The maximum absolute atomic E-state index is 12.3. The average Bonchev–Trinajstić information content (AvgIpc) is 3.02. The van der Waals surface area contributed by atoms with E-state index in [0.717, 1.165) is 11.3 Å². The van der Waals surface area contributed by atoms with Crippen LogP contribution in [0.25, 0.3) is 0 Å². The van der Waals surface area contributed by atoms with Crippen molar-refractivity contribution in [3.05, 3.63) is 66.2 Å². The number of carbonyl (C=O) groups is 2. The van der Waals surface area contributed by atoms with Crippen LogP contribution in [-0.2, 0) is 16.0 Å². The Kier molecular flexibility index (Phi) is 5.33. The van der Waals surface area contributed by atoms with Crippen molar-refractivity contribution in [1.82, 2.24) is 5.32 Å². The number of nitrogens with one attached hydrogen (secondary N) is 1. The van der Waals surface area contributed by atoms with Gasteiger partial charge in [0.1, 0.15) is 6.10 Å². The number of nitrogens with zero attached hydrogens (tertiary/aromatic N) is 1. The number of ether oxygens (including phenoxy) is 1. The summed E-state index contributed by atoms with van der Waals surface area (Å²) in [6.45, 7) is 2.67. The monoisotopic (exact) mass is 338 g/mol. The van der Waals surface area contributed by atoms with Gasteiger partial charge in [-0.25, -0.2) is 4.79 Å². The fourth-order valence-electron chi connectivity index (χ4n) is 2.90. The lowest BCUT2D eigenvalue weighted by molar-refractivity contribution is -0.124. The second-order valence-electron chi connectivity index (χ2n) is 6.29. The minimum Gasteiger partial charge on any atom is -0.442 e. The van der Waals surface area contributed by atoms with Crippen LogP contribution in [0.1, 0.15) is 12.5 Å². The molecule has 2 atom stereocenters. The summed E-state index contributed by atoms with van der Waals surface area (Å²) in [4.78, 5) is 25.9. The molecule has 0 aliphatic carbocycles. The van der Waals surface area contributed by atoms with Crippen molar-refractivity contribution in [2.75, 3.05) is 18.0 Å². The molecule has 0 spiro atoms. The maximum atomic E-state index is 12.3. The van der Waals surface area contributed by atoms with Crippen molar-refractivity contribution in [3.8, 4) is 0 Å². The molecule has 3 rings (SSSR count). The van der Waals surface area contributed by atoms with Gasteiger partial charge in [0.2, 0.25) is 5.91 Å². The zero-order chi connectivity index (χ0) is 17.6. The lowest BCUT2D eigenvalue weighted by Crippen LogP contribution is -2.37. The second-order valence-corrected chi connectivity index (χ2v) is 6.29. The molecule has 5 heteroatoms. The molecular formula is C20H22N2O3. The van der Waals surface area contributed by atoms with Gasteiger partial charge in [0.05, 0.1) is 13.1 Å². The Bertz CT molecular complexity index is 718. The molecule has 1 fully saturated rings. The highest BCUT2D eigenvalue weighted by atomic mass is 16.6. The Labute approximate surface area is 147 Å². The Morgan fingerprint density at radius 3 is 2.48 bits per heavy atom. The number of hydrogen-bond acceptors (Lipinski definition) is 3. The first-order chi connectivity index (χ1) is 12.1. The SMILES string of the molecule is CC(Cc1ccccc1)C(=O)NCC1CN(c2ccccc2)C(=O)O1. The van der Waals surface area contributed by atoms with Crippen LogP contribution >= 0.6 is 0 Å². The van der Waals surface area contributed by atoms with Crippen LogP contribution in [0, 0.1) is 5.92 Å². The minimum absolute atomic E-state index is 0.0296. The number of rotatable bonds is 6. The second kappa shape index (κ2) is 7.83. The summed E-state index contributed by atoms with van der Waals surface area (Å²) >= 11 is 0. The standard InChI is InChI=1S/C20H22N2O3/c1-15(12-16-8-4-2-5-9-16)19(23)21-13-18-14-22(20(24)25-18)17-10-6-3-7-11-17/h2-11,15,18H,12-14H2,1H3,(H,21,23). The Morgan fingerprint density at radius 2 is 1.80 bits per heavy atom. The van der Waals surface area contributed by atoms with E-state index in [1.54, 1.807) is 4.90 Å². The van der Waals surface area contributed by atoms with Gasteiger partial charge >= 0.3 is 6.09 Å². The van der Waals surface area contributed by atoms with Crippen molar-refractivity contribution >= 4 is 17.7 Å². The van der Waals surface area contributed by atoms with E-state index in [1.807, 2.05) is 67.6 Å². The number of cyclic esters (lactones) is 1. The van der Waals surface area contributed by atoms with E-state index in [-0.39, 0.29) is 24.0 Å². The zero-order valence-corrected chi connectivity index (χ0v) is 14.2. The fourth-order valence-corrected chi connectivity index (χ4v) is 2.90. The summed E-state index contributed by atoms with van der Waals surface area (Å²) in [6, 6.07) is 19.3. The number of para-hydroxylation sites is 1. The van der Waals surface area contributed by atoms with Crippen molar-refractivity contribution in [3.63, 3.8) is 0 Å². The van der Waals surface area contributed by atoms with E-state index in [1.165, 1.54) is 0 Å². The van der Waals surface area contributed by atoms with Crippen LogP contribution in [0.4, 0.5) is 10.5 Å². The van der Waals surface area contributed by atoms with Crippen molar-refractivity contribution in [2.24, 2.45) is 5.92 Å². The van der Waals surface area contributed by atoms with Crippen LogP contribution in [0.5, 0.6) is 0 Å². The average molecular weight is 338 g/mol. The highest BCUT2D eigenvalue weighted by Gasteiger charge is 2.32. The Balaban J connectivity index is 1.49. The summed E-state index contributed by atoms with van der Waals surface area (Å²) in [6.07, 6.45) is -0.0175. The van der Waals surface area contributed by atoms with E-state index >= 15 is 0 Å². The van der Waals surface area contributed by atoms with Crippen molar-refractivity contribution < 1.29 is 14.3 Å². The molecule has 0 saturated carbocycles. The van der Waals surface area contributed by atoms with Gasteiger partial charge in [-0.05, 0) is 24.1 Å². The molecule has 1 aliphatic heterocycles. The summed E-state index contributed by atoms with van der Waals surface area (Å²) in [7, 11) is 0. The van der Waals surface area contributed by atoms with Gasteiger partial charge in [-0.1, -0.05) is 55.5 Å². The molecule has 0 radical (unpaired) electrons. The van der Waals surface area contributed by atoms with E-state index < -0.39 is 0 Å². The minimum atomic E-state index is -0.372. The van der Waals surface area contributed by atoms with Crippen LogP contribution < -0.4 is 10.2 Å². The Hall–Kier alpha value is -2.82. The van der Waals surface area contributed by atoms with Gasteiger partial charge in [-0.3, -0.25) is 9.69 Å². The normalized spacial score (nSPS) is 17.9. The maximum Gasteiger partial charge on any atom is 0.414 e. The summed E-state index contributed by atoms with van der Waals surface area (Å²) in [5.41, 5.74) is 1.94. The highest BCUT2D eigenvalue weighted by molar-refractivity contribution is 5.89. The quantitative estimate of drug-likeness (QED) is 0.881.